The number of hydrogen-bond acceptors (Lipinski definition) is 3. The first-order valence-corrected chi connectivity index (χ1v) is 7.37. The van der Waals surface area contributed by atoms with Crippen LogP contribution in [-0.2, 0) is 6.42 Å². The quantitative estimate of drug-likeness (QED) is 0.735. The van der Waals surface area contributed by atoms with Crippen LogP contribution < -0.4 is 4.74 Å². The number of benzene rings is 1. The summed E-state index contributed by atoms with van der Waals surface area (Å²) in [5.74, 6) is 0.565. The van der Waals surface area contributed by atoms with Crippen LogP contribution in [0.5, 0.6) is 5.75 Å². The zero-order valence-electron chi connectivity index (χ0n) is 10.3. The lowest BCUT2D eigenvalue weighted by Gasteiger charge is -2.09. The second-order valence-electron chi connectivity index (χ2n) is 3.91. The Balaban J connectivity index is 2.06. The van der Waals surface area contributed by atoms with Crippen molar-refractivity contribution in [1.29, 1.82) is 0 Å². The molecule has 0 fully saturated rings. The number of rotatable bonds is 5. The first-order valence-electron chi connectivity index (χ1n) is 5.80. The van der Waals surface area contributed by atoms with Crippen molar-refractivity contribution in [3.05, 3.63) is 50.1 Å². The average molecular weight is 315 g/mol. The molecular weight excluding hydrogens is 303 g/mol. The molecule has 0 aliphatic carbocycles. The fraction of sp³-hybridized carbons (Fsp3) is 0.214. The van der Waals surface area contributed by atoms with Crippen molar-refractivity contribution in [2.45, 2.75) is 13.3 Å². The van der Waals surface area contributed by atoms with Crippen LogP contribution in [-0.4, -0.2) is 12.4 Å². The number of hydrogen-bond donors (Lipinski definition) is 0. The zero-order valence-corrected chi connectivity index (χ0v) is 12.6. The van der Waals surface area contributed by atoms with Crippen molar-refractivity contribution in [2.24, 2.45) is 0 Å². The van der Waals surface area contributed by atoms with E-state index in [1.807, 2.05) is 31.2 Å². The second kappa shape index (κ2) is 6.42. The van der Waals surface area contributed by atoms with Crippen molar-refractivity contribution in [3.8, 4) is 5.75 Å². The smallest absolute Gasteiger partial charge is 0.202 e. The van der Waals surface area contributed by atoms with Gasteiger partial charge in [-0.05, 0) is 24.1 Å². The molecule has 5 heteroatoms. The summed E-state index contributed by atoms with van der Waals surface area (Å²) < 4.78 is 6.47. The van der Waals surface area contributed by atoms with Gasteiger partial charge in [0.15, 0.2) is 6.61 Å². The predicted octanol–water partition coefficient (Wildman–Crippen LogP) is 4.88. The highest BCUT2D eigenvalue weighted by Crippen LogP contribution is 2.31. The van der Waals surface area contributed by atoms with Gasteiger partial charge in [0.1, 0.15) is 10.1 Å². The molecule has 2 rings (SSSR count). The SMILES string of the molecule is CCc1ccccc1OCC(=O)c1cc(Cl)sc1Cl. The van der Waals surface area contributed by atoms with Gasteiger partial charge in [-0.15, -0.1) is 11.3 Å². The molecule has 100 valence electrons. The van der Waals surface area contributed by atoms with E-state index in [4.69, 9.17) is 27.9 Å². The highest BCUT2D eigenvalue weighted by atomic mass is 35.5. The molecule has 0 saturated heterocycles. The lowest BCUT2D eigenvalue weighted by Crippen LogP contribution is -2.12. The van der Waals surface area contributed by atoms with Crippen molar-refractivity contribution in [2.75, 3.05) is 6.61 Å². The Morgan fingerprint density at radius 2 is 2.05 bits per heavy atom. The number of halogens is 2. The number of ether oxygens (including phenoxy) is 1. The van der Waals surface area contributed by atoms with Crippen LogP contribution in [0.1, 0.15) is 22.8 Å². The molecule has 0 spiro atoms. The predicted molar refractivity (Wildman–Crippen MR) is 80.0 cm³/mol. The molecule has 2 aromatic rings. The van der Waals surface area contributed by atoms with Gasteiger partial charge in [-0.2, -0.15) is 0 Å². The average Bonchev–Trinajstić information content (AvgIpc) is 2.75. The Kier molecular flexibility index (Phi) is 4.86. The molecule has 1 heterocycles. The monoisotopic (exact) mass is 314 g/mol. The van der Waals surface area contributed by atoms with Crippen molar-refractivity contribution in [3.63, 3.8) is 0 Å². The van der Waals surface area contributed by atoms with E-state index in [1.165, 1.54) is 11.3 Å². The molecule has 0 atom stereocenters. The van der Waals surface area contributed by atoms with Gasteiger partial charge < -0.3 is 4.74 Å². The highest BCUT2D eigenvalue weighted by Gasteiger charge is 2.15. The molecule has 0 N–H and O–H groups in total. The van der Waals surface area contributed by atoms with Gasteiger partial charge >= 0.3 is 0 Å². The molecule has 0 aliphatic heterocycles. The van der Waals surface area contributed by atoms with Crippen molar-refractivity contribution in [1.82, 2.24) is 0 Å². The normalized spacial score (nSPS) is 10.5. The number of carbonyl (C=O) groups is 1. The first-order chi connectivity index (χ1) is 9.11. The van der Waals surface area contributed by atoms with Gasteiger partial charge in [-0.1, -0.05) is 48.3 Å². The number of para-hydroxylation sites is 1. The van der Waals surface area contributed by atoms with E-state index in [0.717, 1.165) is 17.7 Å². The maximum absolute atomic E-state index is 12.0. The minimum atomic E-state index is -0.168. The van der Waals surface area contributed by atoms with E-state index >= 15 is 0 Å². The number of ketones is 1. The Morgan fingerprint density at radius 3 is 2.68 bits per heavy atom. The van der Waals surface area contributed by atoms with E-state index in [9.17, 15) is 4.79 Å². The van der Waals surface area contributed by atoms with Gasteiger partial charge in [0.25, 0.3) is 0 Å². The third-order valence-electron chi connectivity index (χ3n) is 2.67. The summed E-state index contributed by atoms with van der Waals surface area (Å²) in [5, 5.41) is 0. The fourth-order valence-corrected chi connectivity index (χ4v) is 3.19. The molecule has 0 unspecified atom stereocenters. The number of carbonyl (C=O) groups excluding carboxylic acids is 1. The Morgan fingerprint density at radius 1 is 1.32 bits per heavy atom. The Bertz CT molecular complexity index is 593. The summed E-state index contributed by atoms with van der Waals surface area (Å²) >= 11 is 12.9. The minimum absolute atomic E-state index is 0.0379. The van der Waals surface area contributed by atoms with Crippen molar-refractivity contribution < 1.29 is 9.53 Å². The third-order valence-corrected chi connectivity index (χ3v) is 4.16. The van der Waals surface area contributed by atoms with Crippen molar-refractivity contribution >= 4 is 40.3 Å². The van der Waals surface area contributed by atoms with E-state index < -0.39 is 0 Å². The molecule has 1 aromatic heterocycles. The van der Waals surface area contributed by atoms with Gasteiger partial charge in [0.2, 0.25) is 5.78 Å². The van der Waals surface area contributed by atoms with Crippen LogP contribution in [0.15, 0.2) is 30.3 Å². The Hall–Kier alpha value is -1.03. The molecule has 2 nitrogen and oxygen atoms in total. The summed E-state index contributed by atoms with van der Waals surface area (Å²) in [4.78, 5) is 12.0. The number of thiophene rings is 1. The van der Waals surface area contributed by atoms with Gasteiger partial charge in [0, 0.05) is 0 Å². The lowest BCUT2D eigenvalue weighted by atomic mass is 10.1. The maximum atomic E-state index is 12.0. The standard InChI is InChI=1S/C14H12Cl2O2S/c1-2-9-5-3-4-6-12(9)18-8-11(17)10-7-13(15)19-14(10)16/h3-7H,2,8H2,1H3. The summed E-state index contributed by atoms with van der Waals surface area (Å²) in [7, 11) is 0. The number of aryl methyl sites for hydroxylation is 1. The van der Waals surface area contributed by atoms with E-state index in [0.29, 0.717) is 14.2 Å². The van der Waals surface area contributed by atoms with Crippen LogP contribution >= 0.6 is 34.5 Å². The zero-order chi connectivity index (χ0) is 13.8. The van der Waals surface area contributed by atoms with Crippen LogP contribution in [0, 0.1) is 0 Å². The molecule has 0 radical (unpaired) electrons. The van der Waals surface area contributed by atoms with E-state index in [-0.39, 0.29) is 12.4 Å². The van der Waals surface area contributed by atoms with E-state index in [1.54, 1.807) is 6.07 Å². The van der Waals surface area contributed by atoms with Crippen LogP contribution in [0.3, 0.4) is 0 Å². The summed E-state index contributed by atoms with van der Waals surface area (Å²) in [6.45, 7) is 2.00. The fourth-order valence-electron chi connectivity index (χ4n) is 1.69. The molecule has 0 amide bonds. The molecule has 0 aliphatic rings. The van der Waals surface area contributed by atoms with Crippen LogP contribution in [0.4, 0.5) is 0 Å². The molecule has 0 bridgehead atoms. The molecular formula is C14H12Cl2O2S. The second-order valence-corrected chi connectivity index (χ2v) is 6.20. The minimum Gasteiger partial charge on any atom is -0.485 e. The van der Waals surface area contributed by atoms with Gasteiger partial charge in [0.05, 0.1) is 9.90 Å². The first kappa shape index (κ1) is 14.4. The van der Waals surface area contributed by atoms with E-state index in [2.05, 4.69) is 0 Å². The summed E-state index contributed by atoms with van der Waals surface area (Å²) in [5.41, 5.74) is 1.50. The maximum Gasteiger partial charge on any atom is 0.202 e. The van der Waals surface area contributed by atoms with Crippen LogP contribution in [0.25, 0.3) is 0 Å². The largest absolute Gasteiger partial charge is 0.485 e. The summed E-state index contributed by atoms with van der Waals surface area (Å²) in [6, 6.07) is 9.24. The lowest BCUT2D eigenvalue weighted by molar-refractivity contribution is 0.0921. The van der Waals surface area contributed by atoms with Gasteiger partial charge in [-0.3, -0.25) is 4.79 Å². The molecule has 0 saturated carbocycles. The third kappa shape index (κ3) is 3.50. The molecule has 19 heavy (non-hydrogen) atoms. The summed E-state index contributed by atoms with van der Waals surface area (Å²) in [6.07, 6.45) is 0.857. The van der Waals surface area contributed by atoms with Gasteiger partial charge in [-0.25, -0.2) is 0 Å². The Labute approximate surface area is 125 Å². The number of Topliss-reactive ketones (excluding diaryl/α,β-unsaturated/α-hetero) is 1. The molecule has 1 aromatic carbocycles. The van der Waals surface area contributed by atoms with Crippen LogP contribution in [0.2, 0.25) is 8.67 Å². The topological polar surface area (TPSA) is 26.3 Å². The highest BCUT2D eigenvalue weighted by molar-refractivity contribution is 7.20.